The molecule has 9 heteroatoms. The number of ether oxygens (including phenoxy) is 3. The zero-order chi connectivity index (χ0) is 21.1. The van der Waals surface area contributed by atoms with Crippen molar-refractivity contribution in [2.45, 2.75) is 13.3 Å². The minimum atomic E-state index is -0.596. The first kappa shape index (κ1) is 21.6. The van der Waals surface area contributed by atoms with Crippen molar-refractivity contribution >= 4 is 69.7 Å². The summed E-state index contributed by atoms with van der Waals surface area (Å²) in [5.41, 5.74) is 1.28. The summed E-state index contributed by atoms with van der Waals surface area (Å²) in [7, 11) is 1.47. The quantitative estimate of drug-likeness (QED) is 0.221. The van der Waals surface area contributed by atoms with E-state index in [1.165, 1.54) is 7.11 Å². The van der Waals surface area contributed by atoms with Crippen LogP contribution in [-0.4, -0.2) is 24.9 Å². The molecule has 3 rings (SSSR count). The lowest BCUT2D eigenvalue weighted by molar-refractivity contribution is -0.134. The summed E-state index contributed by atoms with van der Waals surface area (Å²) in [5, 5.41) is 0.721. The molecular formula is C20H14Cl2INO5. The topological polar surface area (TPSA) is 74.2 Å². The van der Waals surface area contributed by atoms with E-state index >= 15 is 0 Å². The number of rotatable bonds is 5. The SMILES string of the molecule is CCC(=O)Oc1c(I)cc(/C=C2\N=C(c3ccc(Cl)c(Cl)c3)OC2=O)cc1OC. The van der Waals surface area contributed by atoms with Gasteiger partial charge in [0.2, 0.25) is 5.90 Å². The molecule has 150 valence electrons. The van der Waals surface area contributed by atoms with Crippen LogP contribution in [-0.2, 0) is 14.3 Å². The van der Waals surface area contributed by atoms with Gasteiger partial charge in [0.15, 0.2) is 17.2 Å². The van der Waals surface area contributed by atoms with E-state index in [4.69, 9.17) is 37.4 Å². The molecule has 0 saturated carbocycles. The van der Waals surface area contributed by atoms with Crippen LogP contribution in [0.2, 0.25) is 10.0 Å². The molecule has 0 atom stereocenters. The first-order chi connectivity index (χ1) is 13.8. The van der Waals surface area contributed by atoms with Crippen LogP contribution in [0.5, 0.6) is 11.5 Å². The number of carbonyl (C=O) groups is 2. The van der Waals surface area contributed by atoms with Gasteiger partial charge in [-0.3, -0.25) is 4.79 Å². The van der Waals surface area contributed by atoms with Gasteiger partial charge >= 0.3 is 11.9 Å². The summed E-state index contributed by atoms with van der Waals surface area (Å²) in [5.74, 6) is -0.138. The summed E-state index contributed by atoms with van der Waals surface area (Å²) in [6.07, 6.45) is 1.80. The van der Waals surface area contributed by atoms with Crippen molar-refractivity contribution in [3.05, 3.63) is 60.8 Å². The van der Waals surface area contributed by atoms with E-state index in [9.17, 15) is 9.59 Å². The lowest BCUT2D eigenvalue weighted by Gasteiger charge is -2.11. The molecule has 0 aliphatic carbocycles. The number of hydrogen-bond donors (Lipinski definition) is 0. The Morgan fingerprint density at radius 1 is 1.24 bits per heavy atom. The summed E-state index contributed by atoms with van der Waals surface area (Å²) >= 11 is 14.0. The Morgan fingerprint density at radius 3 is 2.66 bits per heavy atom. The van der Waals surface area contributed by atoms with Crippen molar-refractivity contribution in [2.75, 3.05) is 7.11 Å². The highest BCUT2D eigenvalue weighted by atomic mass is 127. The molecule has 0 bridgehead atoms. The van der Waals surface area contributed by atoms with E-state index in [0.717, 1.165) is 0 Å². The fraction of sp³-hybridized carbons (Fsp3) is 0.150. The van der Waals surface area contributed by atoms with Gasteiger partial charge in [-0.05, 0) is 64.6 Å². The maximum Gasteiger partial charge on any atom is 0.363 e. The molecule has 1 aliphatic heterocycles. The van der Waals surface area contributed by atoms with Gasteiger partial charge in [0.1, 0.15) is 0 Å². The van der Waals surface area contributed by atoms with E-state index in [-0.39, 0.29) is 24.0 Å². The number of nitrogens with zero attached hydrogens (tertiary/aromatic N) is 1. The van der Waals surface area contributed by atoms with Gasteiger partial charge in [0.25, 0.3) is 0 Å². The van der Waals surface area contributed by atoms with E-state index in [1.807, 2.05) is 22.6 Å². The van der Waals surface area contributed by atoms with E-state index in [1.54, 1.807) is 43.3 Å². The summed E-state index contributed by atoms with van der Waals surface area (Å²) < 4.78 is 16.5. The van der Waals surface area contributed by atoms with Gasteiger partial charge in [0.05, 0.1) is 20.7 Å². The molecule has 2 aromatic carbocycles. The fourth-order valence-electron chi connectivity index (χ4n) is 2.43. The molecule has 0 N–H and O–H groups in total. The molecule has 0 unspecified atom stereocenters. The Hall–Kier alpha value is -2.10. The molecule has 0 amide bonds. The minimum absolute atomic E-state index is 0.113. The maximum absolute atomic E-state index is 12.2. The average molecular weight is 546 g/mol. The summed E-state index contributed by atoms with van der Waals surface area (Å²) in [4.78, 5) is 28.1. The van der Waals surface area contributed by atoms with Crippen LogP contribution in [0.15, 0.2) is 41.0 Å². The molecule has 1 heterocycles. The zero-order valence-corrected chi connectivity index (χ0v) is 19.0. The number of methoxy groups -OCH3 is 1. The smallest absolute Gasteiger partial charge is 0.363 e. The fourth-order valence-corrected chi connectivity index (χ4v) is 3.46. The number of benzene rings is 2. The highest BCUT2D eigenvalue weighted by Crippen LogP contribution is 2.35. The van der Waals surface area contributed by atoms with Crippen LogP contribution in [0.25, 0.3) is 6.08 Å². The normalized spacial score (nSPS) is 14.6. The second kappa shape index (κ2) is 9.15. The molecule has 0 aromatic heterocycles. The lowest BCUT2D eigenvalue weighted by Crippen LogP contribution is -2.08. The van der Waals surface area contributed by atoms with Crippen molar-refractivity contribution in [1.29, 1.82) is 0 Å². The van der Waals surface area contributed by atoms with Crippen LogP contribution in [0.1, 0.15) is 24.5 Å². The van der Waals surface area contributed by atoms with E-state index < -0.39 is 5.97 Å². The van der Waals surface area contributed by atoms with Crippen molar-refractivity contribution in [1.82, 2.24) is 0 Å². The van der Waals surface area contributed by atoms with Crippen LogP contribution in [0.3, 0.4) is 0 Å². The highest BCUT2D eigenvalue weighted by Gasteiger charge is 2.25. The second-order valence-corrected chi connectivity index (χ2v) is 7.80. The first-order valence-electron chi connectivity index (χ1n) is 8.38. The monoisotopic (exact) mass is 545 g/mol. The minimum Gasteiger partial charge on any atom is -0.493 e. The third-order valence-electron chi connectivity index (χ3n) is 3.85. The standard InChI is InChI=1S/C20H14Cl2INO5/c1-3-17(25)28-18-14(23)6-10(8-16(18)27-2)7-15-20(26)29-19(24-15)11-4-5-12(21)13(22)9-11/h4-9H,3H2,1-2H3/b15-7-. The third kappa shape index (κ3) is 4.91. The number of halogens is 3. The summed E-state index contributed by atoms with van der Waals surface area (Å²) in [6.45, 7) is 1.70. The number of carbonyl (C=O) groups excluding carboxylic acids is 2. The molecule has 0 fully saturated rings. The van der Waals surface area contributed by atoms with Crippen molar-refractivity contribution in [3.8, 4) is 11.5 Å². The predicted molar refractivity (Wildman–Crippen MR) is 119 cm³/mol. The molecule has 1 aliphatic rings. The van der Waals surface area contributed by atoms with Gasteiger partial charge in [-0.25, -0.2) is 9.79 Å². The van der Waals surface area contributed by atoms with Gasteiger partial charge < -0.3 is 14.2 Å². The Balaban J connectivity index is 1.95. The summed E-state index contributed by atoms with van der Waals surface area (Å²) in [6, 6.07) is 8.22. The van der Waals surface area contributed by atoms with Crippen LogP contribution >= 0.6 is 45.8 Å². The van der Waals surface area contributed by atoms with E-state index in [2.05, 4.69) is 4.99 Å². The second-order valence-electron chi connectivity index (χ2n) is 5.83. The van der Waals surface area contributed by atoms with Gasteiger partial charge in [-0.15, -0.1) is 0 Å². The Morgan fingerprint density at radius 2 is 2.00 bits per heavy atom. The number of esters is 2. The Labute approximate surface area is 190 Å². The first-order valence-corrected chi connectivity index (χ1v) is 10.2. The average Bonchev–Trinajstić information content (AvgIpc) is 3.05. The van der Waals surface area contributed by atoms with Crippen molar-refractivity contribution in [3.63, 3.8) is 0 Å². The molecule has 0 radical (unpaired) electrons. The largest absolute Gasteiger partial charge is 0.493 e. The number of cyclic esters (lactones) is 1. The number of hydrogen-bond acceptors (Lipinski definition) is 6. The van der Waals surface area contributed by atoms with Gasteiger partial charge in [-0.1, -0.05) is 30.1 Å². The molecule has 2 aromatic rings. The Kier molecular flexibility index (Phi) is 6.81. The lowest BCUT2D eigenvalue weighted by atomic mass is 10.1. The predicted octanol–water partition coefficient (Wildman–Crippen LogP) is 5.27. The van der Waals surface area contributed by atoms with Crippen molar-refractivity contribution < 1.29 is 23.8 Å². The highest BCUT2D eigenvalue weighted by molar-refractivity contribution is 14.1. The number of aliphatic imine (C=N–C) groups is 1. The van der Waals surface area contributed by atoms with Crippen molar-refractivity contribution in [2.24, 2.45) is 4.99 Å². The molecule has 6 nitrogen and oxygen atoms in total. The molecular weight excluding hydrogens is 532 g/mol. The third-order valence-corrected chi connectivity index (χ3v) is 5.39. The van der Waals surface area contributed by atoms with Crippen LogP contribution < -0.4 is 9.47 Å². The molecule has 0 spiro atoms. The van der Waals surface area contributed by atoms with Gasteiger partial charge in [0, 0.05) is 12.0 Å². The zero-order valence-electron chi connectivity index (χ0n) is 15.3. The van der Waals surface area contributed by atoms with Gasteiger partial charge in [-0.2, -0.15) is 0 Å². The van der Waals surface area contributed by atoms with Crippen LogP contribution in [0, 0.1) is 3.57 Å². The molecule has 0 saturated heterocycles. The van der Waals surface area contributed by atoms with Crippen LogP contribution in [0.4, 0.5) is 0 Å². The Bertz CT molecular complexity index is 1070. The van der Waals surface area contributed by atoms with E-state index in [0.29, 0.717) is 36.2 Å². The molecule has 29 heavy (non-hydrogen) atoms. The maximum atomic E-state index is 12.2.